The van der Waals surface area contributed by atoms with E-state index in [0.29, 0.717) is 11.2 Å². The number of carboxylic acid groups (broad SMARTS) is 1. The quantitative estimate of drug-likeness (QED) is 0.615. The fourth-order valence-corrected chi connectivity index (χ4v) is 1.53. The number of rotatable bonds is 5. The molecule has 0 saturated heterocycles. The highest BCUT2D eigenvalue weighted by Crippen LogP contribution is 2.08. The second-order valence-electron chi connectivity index (χ2n) is 4.00. The van der Waals surface area contributed by atoms with Crippen LogP contribution in [-0.4, -0.2) is 34.5 Å². The molecule has 0 aliphatic carbocycles. The minimum atomic E-state index is -1.10. The molecule has 1 heterocycles. The van der Waals surface area contributed by atoms with Crippen LogP contribution in [-0.2, 0) is 4.79 Å². The highest BCUT2D eigenvalue weighted by Gasteiger charge is 2.27. The lowest BCUT2D eigenvalue weighted by atomic mass is 10.2. The molecule has 1 N–H and O–H groups in total. The zero-order valence-corrected chi connectivity index (χ0v) is 10.4. The van der Waals surface area contributed by atoms with Crippen LogP contribution in [0.2, 0.25) is 0 Å². The van der Waals surface area contributed by atoms with Crippen molar-refractivity contribution < 1.29 is 19.4 Å². The Morgan fingerprint density at radius 1 is 1.50 bits per heavy atom. The third-order valence-corrected chi connectivity index (χ3v) is 2.73. The molecule has 1 aromatic heterocycles. The van der Waals surface area contributed by atoms with E-state index < -0.39 is 18.4 Å². The van der Waals surface area contributed by atoms with Crippen molar-refractivity contribution in [2.45, 2.75) is 26.3 Å². The van der Waals surface area contributed by atoms with Crippen LogP contribution in [0.4, 0.5) is 0 Å². The van der Waals surface area contributed by atoms with Gasteiger partial charge in [0.2, 0.25) is 0 Å². The summed E-state index contributed by atoms with van der Waals surface area (Å²) in [6, 6.07) is 4.21. The second-order valence-corrected chi connectivity index (χ2v) is 4.00. The molecular weight excluding hydrogens is 236 g/mol. The molecule has 0 aliphatic heterocycles. The predicted octanol–water partition coefficient (Wildman–Crippen LogP) is 0.645. The fourth-order valence-electron chi connectivity index (χ4n) is 1.53. The monoisotopic (exact) mass is 252 g/mol. The van der Waals surface area contributed by atoms with Crippen LogP contribution in [0.15, 0.2) is 24.4 Å². The summed E-state index contributed by atoms with van der Waals surface area (Å²) in [7, 11) is 0. The number of hydrogen-bond acceptors (Lipinski definition) is 3. The average molecular weight is 252 g/mol. The van der Waals surface area contributed by atoms with Crippen molar-refractivity contribution >= 4 is 11.9 Å². The molecule has 0 aromatic carbocycles. The summed E-state index contributed by atoms with van der Waals surface area (Å²) in [5, 5.41) is 20.3. The van der Waals surface area contributed by atoms with Crippen molar-refractivity contribution in [1.82, 2.24) is 4.90 Å². The van der Waals surface area contributed by atoms with Crippen molar-refractivity contribution in [3.8, 4) is 0 Å². The van der Waals surface area contributed by atoms with Gasteiger partial charge in [-0.25, -0.2) is 0 Å². The van der Waals surface area contributed by atoms with Crippen molar-refractivity contribution in [1.29, 1.82) is 0 Å². The number of aliphatic carboxylic acids is 1. The number of aromatic nitrogens is 1. The molecule has 0 bridgehead atoms. The Hall–Kier alpha value is -2.11. The van der Waals surface area contributed by atoms with E-state index in [1.54, 1.807) is 13.0 Å². The third kappa shape index (κ3) is 3.19. The van der Waals surface area contributed by atoms with Gasteiger partial charge in [-0.3, -0.25) is 9.59 Å². The first-order valence-corrected chi connectivity index (χ1v) is 5.68. The summed E-state index contributed by atoms with van der Waals surface area (Å²) in [5.41, 5.74) is -0.0703. The minimum Gasteiger partial charge on any atom is -0.618 e. The normalized spacial score (nSPS) is 11.9. The Labute approximate surface area is 105 Å². The Morgan fingerprint density at radius 3 is 2.67 bits per heavy atom. The van der Waals surface area contributed by atoms with Crippen LogP contribution >= 0.6 is 0 Å². The van der Waals surface area contributed by atoms with Gasteiger partial charge in [0.15, 0.2) is 6.20 Å². The van der Waals surface area contributed by atoms with E-state index in [0.717, 1.165) is 0 Å². The Kier molecular flexibility index (Phi) is 4.65. The number of carboxylic acids is 1. The smallest absolute Gasteiger partial charge is 0.323 e. The van der Waals surface area contributed by atoms with E-state index in [9.17, 15) is 14.8 Å². The molecule has 0 fully saturated rings. The molecule has 18 heavy (non-hydrogen) atoms. The second kappa shape index (κ2) is 6.00. The van der Waals surface area contributed by atoms with Crippen LogP contribution < -0.4 is 4.73 Å². The number of nitrogens with zero attached hydrogens (tertiary/aromatic N) is 2. The third-order valence-electron chi connectivity index (χ3n) is 2.73. The number of carbonyl (C=O) groups is 2. The zero-order valence-electron chi connectivity index (χ0n) is 10.4. The van der Waals surface area contributed by atoms with Crippen LogP contribution in [0.25, 0.3) is 0 Å². The molecular formula is C12H16N2O4. The van der Waals surface area contributed by atoms with Crippen molar-refractivity contribution in [3.63, 3.8) is 0 Å². The first-order valence-electron chi connectivity index (χ1n) is 5.68. The molecule has 98 valence electrons. The van der Waals surface area contributed by atoms with Gasteiger partial charge < -0.3 is 15.2 Å². The first-order chi connectivity index (χ1) is 8.47. The maximum atomic E-state index is 12.1. The largest absolute Gasteiger partial charge is 0.618 e. The van der Waals surface area contributed by atoms with Gasteiger partial charge in [-0.2, -0.15) is 4.73 Å². The van der Waals surface area contributed by atoms with Crippen molar-refractivity contribution in [2.24, 2.45) is 0 Å². The topological polar surface area (TPSA) is 84.6 Å². The van der Waals surface area contributed by atoms with Crippen molar-refractivity contribution in [3.05, 3.63) is 35.3 Å². The molecule has 0 saturated carbocycles. The maximum absolute atomic E-state index is 12.1. The molecule has 1 aromatic rings. The molecule has 1 rings (SSSR count). The average Bonchev–Trinajstić information content (AvgIpc) is 2.34. The summed E-state index contributed by atoms with van der Waals surface area (Å²) < 4.78 is 0.444. The van der Waals surface area contributed by atoms with E-state index in [-0.39, 0.29) is 11.7 Å². The van der Waals surface area contributed by atoms with Crippen LogP contribution in [0.5, 0.6) is 0 Å². The molecule has 0 spiro atoms. The Morgan fingerprint density at radius 2 is 2.17 bits per heavy atom. The number of hydrogen-bond donors (Lipinski definition) is 1. The summed E-state index contributed by atoms with van der Waals surface area (Å²) in [5.74, 6) is -1.67. The van der Waals surface area contributed by atoms with Gasteiger partial charge in [-0.15, -0.1) is 0 Å². The standard InChI is InChI=1S/C12H16N2O4/c1-3-9(2)13(8-11(15)16)12(17)10-6-4-5-7-14(10)18/h4-7,9H,3,8H2,1-2H3,(H,15,16)/t9-/m0/s1. The SMILES string of the molecule is CC[C@H](C)N(CC(=O)O)C(=O)c1cccc[n+]1[O-]. The lowest BCUT2D eigenvalue weighted by Gasteiger charge is -2.25. The zero-order chi connectivity index (χ0) is 13.7. The minimum absolute atomic E-state index is 0.0703. The maximum Gasteiger partial charge on any atom is 0.323 e. The summed E-state index contributed by atoms with van der Waals surface area (Å²) in [6.45, 7) is 3.19. The summed E-state index contributed by atoms with van der Waals surface area (Å²) in [6.07, 6.45) is 1.83. The lowest BCUT2D eigenvalue weighted by Crippen LogP contribution is -2.46. The molecule has 6 heteroatoms. The highest BCUT2D eigenvalue weighted by molar-refractivity contribution is 5.93. The number of amides is 1. The lowest BCUT2D eigenvalue weighted by molar-refractivity contribution is -0.608. The highest BCUT2D eigenvalue weighted by atomic mass is 16.5. The van der Waals surface area contributed by atoms with E-state index in [1.165, 1.54) is 23.2 Å². The van der Waals surface area contributed by atoms with E-state index in [1.807, 2.05) is 6.92 Å². The van der Waals surface area contributed by atoms with Gasteiger partial charge in [0.25, 0.3) is 5.69 Å². The van der Waals surface area contributed by atoms with Crippen LogP contribution in [0, 0.1) is 5.21 Å². The summed E-state index contributed by atoms with van der Waals surface area (Å²) >= 11 is 0. The van der Waals surface area contributed by atoms with E-state index in [4.69, 9.17) is 5.11 Å². The molecule has 6 nitrogen and oxygen atoms in total. The first kappa shape index (κ1) is 14.0. The molecule has 1 atom stereocenters. The molecule has 0 aliphatic rings. The Bertz CT molecular complexity index is 447. The van der Waals surface area contributed by atoms with Crippen molar-refractivity contribution in [2.75, 3.05) is 6.54 Å². The van der Waals surface area contributed by atoms with E-state index >= 15 is 0 Å². The number of pyridine rings is 1. The van der Waals surface area contributed by atoms with Gasteiger partial charge in [-0.05, 0) is 19.4 Å². The van der Waals surface area contributed by atoms with Gasteiger partial charge in [0, 0.05) is 18.2 Å². The summed E-state index contributed by atoms with van der Waals surface area (Å²) in [4.78, 5) is 24.1. The fraction of sp³-hybridized carbons (Fsp3) is 0.417. The van der Waals surface area contributed by atoms with Crippen LogP contribution in [0.3, 0.4) is 0 Å². The predicted molar refractivity (Wildman–Crippen MR) is 63.8 cm³/mol. The van der Waals surface area contributed by atoms with Gasteiger partial charge in [-0.1, -0.05) is 6.92 Å². The van der Waals surface area contributed by atoms with Gasteiger partial charge in [0.1, 0.15) is 6.54 Å². The van der Waals surface area contributed by atoms with E-state index in [2.05, 4.69) is 0 Å². The Balaban J connectivity index is 3.02. The molecule has 0 unspecified atom stereocenters. The van der Waals surface area contributed by atoms with Gasteiger partial charge in [0.05, 0.1) is 0 Å². The van der Waals surface area contributed by atoms with Crippen LogP contribution in [0.1, 0.15) is 30.8 Å². The number of carbonyl (C=O) groups excluding carboxylic acids is 1. The van der Waals surface area contributed by atoms with Gasteiger partial charge >= 0.3 is 11.9 Å². The molecule has 1 amide bonds. The molecule has 0 radical (unpaired) electrons.